The predicted octanol–water partition coefficient (Wildman–Crippen LogP) is 1.50. The molecule has 0 heterocycles. The second-order valence-corrected chi connectivity index (χ2v) is 7.62. The molecule has 0 aromatic carbocycles. The fourth-order valence-corrected chi connectivity index (χ4v) is 4.66. The Morgan fingerprint density at radius 1 is 1.26 bits per heavy atom. The topological polar surface area (TPSA) is 66.4 Å². The van der Waals surface area contributed by atoms with Crippen molar-refractivity contribution in [3.05, 3.63) is 0 Å². The zero-order valence-electron chi connectivity index (χ0n) is 10.8. The van der Waals surface area contributed by atoms with Crippen LogP contribution in [-0.2, 0) is 10.0 Å². The second-order valence-electron chi connectivity index (χ2n) is 5.82. The van der Waals surface area contributed by atoms with Gasteiger partial charge in [0.25, 0.3) is 5.92 Å². The number of aliphatic hydroxyl groups is 1. The summed E-state index contributed by atoms with van der Waals surface area (Å²) >= 11 is 0. The molecule has 0 saturated heterocycles. The molecule has 1 atom stereocenters. The number of hydrogen-bond acceptors (Lipinski definition) is 3. The first-order valence-corrected chi connectivity index (χ1v) is 8.46. The Hall–Kier alpha value is -0.270. The van der Waals surface area contributed by atoms with Gasteiger partial charge in [0.2, 0.25) is 10.0 Å². The Bertz CT molecular complexity index is 407. The third-order valence-electron chi connectivity index (χ3n) is 4.17. The van der Waals surface area contributed by atoms with E-state index in [9.17, 15) is 17.2 Å². The Morgan fingerprint density at radius 3 is 2.53 bits per heavy atom. The van der Waals surface area contributed by atoms with Gasteiger partial charge in [-0.3, -0.25) is 0 Å². The maximum Gasteiger partial charge on any atom is 0.251 e. The minimum absolute atomic E-state index is 0.0545. The zero-order valence-corrected chi connectivity index (χ0v) is 11.6. The van der Waals surface area contributed by atoms with Gasteiger partial charge in [-0.25, -0.2) is 21.9 Å². The molecule has 2 rings (SSSR count). The molecular weight excluding hydrogens is 276 g/mol. The lowest BCUT2D eigenvalue weighted by molar-refractivity contribution is -0.0771. The fourth-order valence-electron chi connectivity index (χ4n) is 2.92. The quantitative estimate of drug-likeness (QED) is 0.808. The van der Waals surface area contributed by atoms with E-state index in [0.29, 0.717) is 25.7 Å². The molecule has 4 nitrogen and oxygen atoms in total. The number of nitrogens with one attached hydrogen (secondary N) is 1. The zero-order chi connectivity index (χ0) is 14.1. The van der Waals surface area contributed by atoms with Crippen molar-refractivity contribution >= 4 is 10.0 Å². The molecule has 2 fully saturated rings. The smallest absolute Gasteiger partial charge is 0.251 e. The van der Waals surface area contributed by atoms with Crippen molar-refractivity contribution in [3.8, 4) is 0 Å². The van der Waals surface area contributed by atoms with Crippen LogP contribution in [0.3, 0.4) is 0 Å². The van der Waals surface area contributed by atoms with Crippen molar-refractivity contribution in [2.45, 2.75) is 50.5 Å². The Balaban J connectivity index is 1.87. The van der Waals surface area contributed by atoms with Crippen molar-refractivity contribution in [2.24, 2.45) is 11.8 Å². The lowest BCUT2D eigenvalue weighted by Gasteiger charge is -2.36. The van der Waals surface area contributed by atoms with E-state index >= 15 is 0 Å². The first-order chi connectivity index (χ1) is 8.82. The van der Waals surface area contributed by atoms with Crippen molar-refractivity contribution < 1.29 is 22.3 Å². The van der Waals surface area contributed by atoms with Crippen LogP contribution >= 0.6 is 0 Å². The highest BCUT2D eigenvalue weighted by Gasteiger charge is 2.44. The summed E-state index contributed by atoms with van der Waals surface area (Å²) in [6.07, 6.45) is 2.40. The summed E-state index contributed by atoms with van der Waals surface area (Å²) in [5.74, 6) is -4.27. The molecule has 2 aliphatic carbocycles. The standard InChI is InChI=1S/C12H21F2NO3S/c13-12(14)4-2-1-3-10(12)8-19(17,18)15-11-5-9(6-11)7-16/h9-11,15-16H,1-8H2. The van der Waals surface area contributed by atoms with E-state index in [1.54, 1.807) is 0 Å². The van der Waals surface area contributed by atoms with E-state index in [1.807, 2.05) is 0 Å². The Labute approximate surface area is 112 Å². The number of rotatable bonds is 5. The van der Waals surface area contributed by atoms with Gasteiger partial charge >= 0.3 is 0 Å². The SMILES string of the molecule is O=S(=O)(CC1CCCCC1(F)F)NC1CC(CO)C1. The minimum Gasteiger partial charge on any atom is -0.396 e. The average molecular weight is 297 g/mol. The Kier molecular flexibility index (Phi) is 4.47. The molecule has 0 aromatic rings. The lowest BCUT2D eigenvalue weighted by Crippen LogP contribution is -2.48. The summed E-state index contributed by atoms with van der Waals surface area (Å²) in [6.45, 7) is 0.0545. The van der Waals surface area contributed by atoms with Crippen molar-refractivity contribution in [1.29, 1.82) is 0 Å². The van der Waals surface area contributed by atoms with E-state index in [4.69, 9.17) is 5.11 Å². The average Bonchev–Trinajstić information content (AvgIpc) is 2.25. The number of halogens is 2. The summed E-state index contributed by atoms with van der Waals surface area (Å²) in [7, 11) is -3.66. The Morgan fingerprint density at radius 2 is 1.95 bits per heavy atom. The number of alkyl halides is 2. The predicted molar refractivity (Wildman–Crippen MR) is 67.4 cm³/mol. The summed E-state index contributed by atoms with van der Waals surface area (Å²) in [5, 5.41) is 8.86. The van der Waals surface area contributed by atoms with Gasteiger partial charge in [-0.2, -0.15) is 0 Å². The molecule has 19 heavy (non-hydrogen) atoms. The molecule has 2 aliphatic rings. The highest BCUT2D eigenvalue weighted by atomic mass is 32.2. The first-order valence-electron chi connectivity index (χ1n) is 6.81. The van der Waals surface area contributed by atoms with Crippen LogP contribution in [0.4, 0.5) is 8.78 Å². The van der Waals surface area contributed by atoms with Crippen LogP contribution < -0.4 is 4.72 Å². The van der Waals surface area contributed by atoms with Crippen LogP contribution in [0.5, 0.6) is 0 Å². The fraction of sp³-hybridized carbons (Fsp3) is 1.00. The third kappa shape index (κ3) is 3.86. The van der Waals surface area contributed by atoms with E-state index in [-0.39, 0.29) is 31.4 Å². The van der Waals surface area contributed by atoms with E-state index in [2.05, 4.69) is 4.72 Å². The van der Waals surface area contributed by atoms with Crippen molar-refractivity contribution in [2.75, 3.05) is 12.4 Å². The number of hydrogen-bond donors (Lipinski definition) is 2. The van der Waals surface area contributed by atoms with Gasteiger partial charge in [0.1, 0.15) is 0 Å². The van der Waals surface area contributed by atoms with Crippen LogP contribution in [-0.4, -0.2) is 37.8 Å². The summed E-state index contributed by atoms with van der Waals surface area (Å²) in [5.41, 5.74) is 0. The molecule has 0 radical (unpaired) electrons. The first kappa shape index (κ1) is 15.1. The molecule has 7 heteroatoms. The summed E-state index contributed by atoms with van der Waals surface area (Å²) < 4.78 is 53.5. The van der Waals surface area contributed by atoms with E-state index in [0.717, 1.165) is 0 Å². The van der Waals surface area contributed by atoms with Crippen LogP contribution in [0.2, 0.25) is 0 Å². The van der Waals surface area contributed by atoms with Gasteiger partial charge in [-0.05, 0) is 31.6 Å². The highest BCUT2D eigenvalue weighted by Crippen LogP contribution is 2.39. The maximum atomic E-state index is 13.6. The lowest BCUT2D eigenvalue weighted by atomic mass is 9.82. The molecule has 2 saturated carbocycles. The van der Waals surface area contributed by atoms with Gasteiger partial charge in [0.15, 0.2) is 0 Å². The normalized spacial score (nSPS) is 34.8. The molecular formula is C12H21F2NO3S. The summed E-state index contributed by atoms with van der Waals surface area (Å²) in [4.78, 5) is 0. The third-order valence-corrected chi connectivity index (χ3v) is 5.70. The van der Waals surface area contributed by atoms with Crippen LogP contribution in [0.1, 0.15) is 38.5 Å². The number of aliphatic hydroxyl groups excluding tert-OH is 1. The van der Waals surface area contributed by atoms with Crippen LogP contribution in [0.15, 0.2) is 0 Å². The van der Waals surface area contributed by atoms with Crippen molar-refractivity contribution in [3.63, 3.8) is 0 Å². The molecule has 1 unspecified atom stereocenters. The van der Waals surface area contributed by atoms with Gasteiger partial charge in [0.05, 0.1) is 5.75 Å². The molecule has 0 amide bonds. The van der Waals surface area contributed by atoms with Crippen molar-refractivity contribution in [1.82, 2.24) is 4.72 Å². The second kappa shape index (κ2) is 5.61. The van der Waals surface area contributed by atoms with E-state index < -0.39 is 27.6 Å². The molecule has 0 aliphatic heterocycles. The largest absolute Gasteiger partial charge is 0.396 e. The van der Waals surface area contributed by atoms with Gasteiger partial charge in [-0.1, -0.05) is 6.42 Å². The van der Waals surface area contributed by atoms with E-state index in [1.165, 1.54) is 0 Å². The molecule has 0 bridgehead atoms. The van der Waals surface area contributed by atoms with Crippen LogP contribution in [0, 0.1) is 11.8 Å². The molecule has 0 spiro atoms. The maximum absolute atomic E-state index is 13.6. The monoisotopic (exact) mass is 297 g/mol. The molecule has 2 N–H and O–H groups in total. The molecule has 0 aromatic heterocycles. The van der Waals surface area contributed by atoms with Gasteiger partial charge in [-0.15, -0.1) is 0 Å². The minimum atomic E-state index is -3.66. The number of sulfonamides is 1. The van der Waals surface area contributed by atoms with Crippen LogP contribution in [0.25, 0.3) is 0 Å². The molecule has 112 valence electrons. The van der Waals surface area contributed by atoms with Gasteiger partial charge in [0, 0.05) is 25.0 Å². The highest BCUT2D eigenvalue weighted by molar-refractivity contribution is 7.89. The van der Waals surface area contributed by atoms with Gasteiger partial charge < -0.3 is 5.11 Å². The summed E-state index contributed by atoms with van der Waals surface area (Å²) in [6, 6.07) is -0.195.